The lowest BCUT2D eigenvalue weighted by Gasteiger charge is -2.30. The van der Waals surface area contributed by atoms with Gasteiger partial charge >= 0.3 is 12.2 Å². The van der Waals surface area contributed by atoms with E-state index in [2.05, 4.69) is 75.9 Å². The monoisotopic (exact) mass is 836 g/mol. The summed E-state index contributed by atoms with van der Waals surface area (Å²) in [5.41, 5.74) is 6.45. The number of carbonyl (C=O) groups excluding carboxylic acids is 4. The number of rotatable bonds is 11. The number of fused-ring (bicyclic) bond motifs is 1. The summed E-state index contributed by atoms with van der Waals surface area (Å²) < 4.78 is 10.5. The third-order valence-corrected chi connectivity index (χ3v) is 11.9. The molecule has 2 aliphatic heterocycles. The number of hydrogen-bond acceptors (Lipinski definition) is 8. The summed E-state index contributed by atoms with van der Waals surface area (Å²) in [5, 5.41) is 4.89. The molecule has 4 heterocycles. The Morgan fingerprint density at radius 2 is 1.24 bits per heavy atom. The van der Waals surface area contributed by atoms with E-state index in [9.17, 15) is 19.2 Å². The van der Waals surface area contributed by atoms with E-state index >= 15 is 0 Å². The molecule has 14 heteroatoms. The topological polar surface area (TPSA) is 166 Å². The zero-order chi connectivity index (χ0) is 43.5. The highest BCUT2D eigenvalue weighted by Crippen LogP contribution is 2.37. The van der Waals surface area contributed by atoms with Crippen molar-refractivity contribution in [1.82, 2.24) is 40.0 Å². The largest absolute Gasteiger partial charge is 0.453 e. The van der Waals surface area contributed by atoms with Gasteiger partial charge in [0, 0.05) is 38.3 Å². The van der Waals surface area contributed by atoms with Gasteiger partial charge in [-0.25, -0.2) is 19.6 Å². The maximum atomic E-state index is 14.0. The normalized spacial score (nSPS) is 17.3. The van der Waals surface area contributed by atoms with Crippen molar-refractivity contribution in [3.8, 4) is 33.6 Å². The van der Waals surface area contributed by atoms with Crippen molar-refractivity contribution in [2.24, 2.45) is 5.92 Å². The molecule has 0 aliphatic carbocycles. The SMILES string of the molecule is COC(=O)N[C@H](C(=O)N1CCC[C@H]1c1ncc(-c2ccc3cc(-c4ccc(-c5cnc([C@@H]6CCCN6C(=O)C(OC(=O)N(C)C)c6ccccc6)[nH]5)cc4)ccc3c2)[nH]1)C(C)C. The molecule has 2 fully saturated rings. The second-order valence-corrected chi connectivity index (χ2v) is 16.5. The van der Waals surface area contributed by atoms with E-state index in [1.807, 2.05) is 43.1 Å². The lowest BCUT2D eigenvalue weighted by Crippen LogP contribution is -2.51. The van der Waals surface area contributed by atoms with Crippen molar-refractivity contribution in [3.05, 3.63) is 121 Å². The highest BCUT2D eigenvalue weighted by molar-refractivity contribution is 5.91. The van der Waals surface area contributed by atoms with E-state index in [1.54, 1.807) is 37.3 Å². The first-order valence-corrected chi connectivity index (χ1v) is 21.1. The first-order valence-electron chi connectivity index (χ1n) is 21.1. The van der Waals surface area contributed by atoms with Crippen molar-refractivity contribution >= 4 is 34.8 Å². The Kier molecular flexibility index (Phi) is 12.1. The van der Waals surface area contributed by atoms with Crippen LogP contribution in [0.2, 0.25) is 0 Å². The average molecular weight is 837 g/mol. The van der Waals surface area contributed by atoms with Crippen molar-refractivity contribution in [1.29, 1.82) is 0 Å². The Morgan fingerprint density at radius 3 is 1.82 bits per heavy atom. The fourth-order valence-electron chi connectivity index (χ4n) is 8.49. The van der Waals surface area contributed by atoms with Gasteiger partial charge in [-0.05, 0) is 71.2 Å². The molecule has 0 spiro atoms. The minimum absolute atomic E-state index is 0.108. The number of imidazole rings is 2. The summed E-state index contributed by atoms with van der Waals surface area (Å²) >= 11 is 0. The van der Waals surface area contributed by atoms with Crippen LogP contribution in [0.4, 0.5) is 9.59 Å². The number of benzene rings is 4. The van der Waals surface area contributed by atoms with E-state index in [0.717, 1.165) is 75.9 Å². The Labute approximate surface area is 360 Å². The molecule has 1 unspecified atom stereocenters. The van der Waals surface area contributed by atoms with Gasteiger partial charge in [-0.3, -0.25) is 9.59 Å². The quantitative estimate of drug-likeness (QED) is 0.117. The summed E-state index contributed by atoms with van der Waals surface area (Å²) in [4.78, 5) is 73.5. The van der Waals surface area contributed by atoms with Gasteiger partial charge in [0.05, 0.1) is 43.0 Å². The van der Waals surface area contributed by atoms with Crippen molar-refractivity contribution < 1.29 is 28.7 Å². The van der Waals surface area contributed by atoms with Gasteiger partial charge in [0.1, 0.15) is 17.7 Å². The van der Waals surface area contributed by atoms with Crippen LogP contribution in [0.25, 0.3) is 44.4 Å². The number of aromatic amines is 2. The predicted octanol–water partition coefficient (Wildman–Crippen LogP) is 8.43. The number of nitrogens with zero attached hydrogens (tertiary/aromatic N) is 5. The van der Waals surface area contributed by atoms with Crippen LogP contribution in [0.15, 0.2) is 103 Å². The number of carbonyl (C=O) groups is 4. The van der Waals surface area contributed by atoms with Crippen LogP contribution in [-0.2, 0) is 19.1 Å². The molecule has 6 aromatic rings. The fourth-order valence-corrected chi connectivity index (χ4v) is 8.49. The third-order valence-electron chi connectivity index (χ3n) is 11.9. The van der Waals surface area contributed by atoms with Crippen LogP contribution in [0, 0.1) is 5.92 Å². The van der Waals surface area contributed by atoms with Gasteiger partial charge in [-0.1, -0.05) is 92.7 Å². The van der Waals surface area contributed by atoms with E-state index in [4.69, 9.17) is 19.4 Å². The highest BCUT2D eigenvalue weighted by atomic mass is 16.6. The molecule has 14 nitrogen and oxygen atoms in total. The van der Waals surface area contributed by atoms with Crippen molar-refractivity contribution in [3.63, 3.8) is 0 Å². The highest BCUT2D eigenvalue weighted by Gasteiger charge is 2.39. The van der Waals surface area contributed by atoms with Crippen molar-refractivity contribution in [2.45, 2.75) is 63.8 Å². The minimum atomic E-state index is -1.06. The van der Waals surface area contributed by atoms with Crippen LogP contribution < -0.4 is 5.32 Å². The van der Waals surface area contributed by atoms with Gasteiger partial charge in [-0.2, -0.15) is 0 Å². The first-order chi connectivity index (χ1) is 30.0. The van der Waals surface area contributed by atoms with E-state index < -0.39 is 24.3 Å². The molecule has 2 aromatic heterocycles. The molecule has 2 aliphatic rings. The molecule has 0 radical (unpaired) electrons. The number of alkyl carbamates (subject to hydrolysis) is 1. The van der Waals surface area contributed by atoms with Crippen LogP contribution >= 0.6 is 0 Å². The number of hydrogen-bond donors (Lipinski definition) is 3. The minimum Gasteiger partial charge on any atom is -0.453 e. The Bertz CT molecular complexity index is 2570. The second-order valence-electron chi connectivity index (χ2n) is 16.5. The molecule has 0 saturated carbocycles. The van der Waals surface area contributed by atoms with Crippen LogP contribution in [-0.4, -0.2) is 99.0 Å². The van der Waals surface area contributed by atoms with Crippen LogP contribution in [0.1, 0.15) is 74.9 Å². The summed E-state index contributed by atoms with van der Waals surface area (Å²) in [5.74, 6) is 0.903. The Balaban J connectivity index is 0.942. The number of methoxy groups -OCH3 is 1. The zero-order valence-electron chi connectivity index (χ0n) is 35.6. The van der Waals surface area contributed by atoms with Gasteiger partial charge < -0.3 is 39.5 Å². The van der Waals surface area contributed by atoms with Crippen molar-refractivity contribution in [2.75, 3.05) is 34.3 Å². The lowest BCUT2D eigenvalue weighted by atomic mass is 9.98. The van der Waals surface area contributed by atoms with Crippen LogP contribution in [0.5, 0.6) is 0 Å². The van der Waals surface area contributed by atoms with Crippen LogP contribution in [0.3, 0.4) is 0 Å². The fraction of sp³-hybridized carbons (Fsp3) is 0.333. The molecule has 0 bridgehead atoms. The molecule has 4 amide bonds. The third kappa shape index (κ3) is 8.63. The summed E-state index contributed by atoms with van der Waals surface area (Å²) in [6.07, 6.45) is 4.53. The first kappa shape index (κ1) is 41.8. The second kappa shape index (κ2) is 17.9. The van der Waals surface area contributed by atoms with Gasteiger partial charge in [0.15, 0.2) is 0 Å². The summed E-state index contributed by atoms with van der Waals surface area (Å²) in [7, 11) is 4.48. The van der Waals surface area contributed by atoms with E-state index in [1.165, 1.54) is 12.0 Å². The Morgan fingerprint density at radius 1 is 0.710 bits per heavy atom. The molecule has 320 valence electrons. The standard InChI is InChI=1S/C48H52N8O6/c1-29(2)41(53-47(59)61-5)45(57)55-23-9-13-39(55)43-50-28-38(52-43)36-22-21-34-25-33(19-20-35(34)26-36)30-15-17-31(18-16-30)37-27-49-44(51-37)40-14-10-24-56(40)46(58)42(62-48(60)54(3)4)32-11-7-6-8-12-32/h6-8,11-12,15-22,25-29,39-42H,9-10,13-14,23-24H2,1-5H3,(H,49,51)(H,50,52)(H,53,59)/t39-,40-,41-,42?/m0/s1. The smallest absolute Gasteiger partial charge is 0.410 e. The average Bonchev–Trinajstić information content (AvgIpc) is 4.14. The number of nitrogens with one attached hydrogen (secondary N) is 3. The summed E-state index contributed by atoms with van der Waals surface area (Å²) in [6, 6.07) is 29.0. The molecule has 4 aromatic carbocycles. The molecule has 4 atom stereocenters. The van der Waals surface area contributed by atoms with Gasteiger partial charge in [-0.15, -0.1) is 0 Å². The molecular weight excluding hydrogens is 785 g/mol. The van der Waals surface area contributed by atoms with E-state index in [0.29, 0.717) is 24.5 Å². The Hall–Kier alpha value is -6.96. The molecular formula is C48H52N8O6. The zero-order valence-corrected chi connectivity index (χ0v) is 35.6. The van der Waals surface area contributed by atoms with Gasteiger partial charge in [0.2, 0.25) is 12.0 Å². The molecule has 3 N–H and O–H groups in total. The maximum Gasteiger partial charge on any atom is 0.410 e. The number of H-pyrrole nitrogens is 2. The number of likely N-dealkylation sites (tertiary alicyclic amines) is 2. The molecule has 2 saturated heterocycles. The number of ether oxygens (including phenoxy) is 2. The lowest BCUT2D eigenvalue weighted by molar-refractivity contribution is -0.142. The molecule has 62 heavy (non-hydrogen) atoms. The summed E-state index contributed by atoms with van der Waals surface area (Å²) in [6.45, 7) is 4.94. The number of aromatic nitrogens is 4. The van der Waals surface area contributed by atoms with E-state index in [-0.39, 0.29) is 29.8 Å². The van der Waals surface area contributed by atoms with Gasteiger partial charge in [0.25, 0.3) is 5.91 Å². The molecule has 8 rings (SSSR count). The maximum absolute atomic E-state index is 14.0. The number of amides is 4. The predicted molar refractivity (Wildman–Crippen MR) is 235 cm³/mol.